The molecule has 0 saturated heterocycles. The third-order valence-corrected chi connectivity index (χ3v) is 4.68. The highest BCUT2D eigenvalue weighted by atomic mass is 35.5. The molecular formula is C14H11ClN2OS2. The summed E-state index contributed by atoms with van der Waals surface area (Å²) in [7, 11) is 1.65. The van der Waals surface area contributed by atoms with Gasteiger partial charge in [0.05, 0.1) is 22.0 Å². The average Bonchev–Trinajstić information content (AvgIpc) is 3.09. The molecule has 3 nitrogen and oxygen atoms in total. The maximum absolute atomic E-state index is 5.94. The lowest BCUT2D eigenvalue weighted by Crippen LogP contribution is -1.89. The first kappa shape index (κ1) is 13.4. The van der Waals surface area contributed by atoms with Gasteiger partial charge in [0.2, 0.25) is 0 Å². The van der Waals surface area contributed by atoms with Crippen LogP contribution in [0, 0.1) is 0 Å². The van der Waals surface area contributed by atoms with Gasteiger partial charge in [0.15, 0.2) is 5.13 Å². The Labute approximate surface area is 129 Å². The highest BCUT2D eigenvalue weighted by Crippen LogP contribution is 2.33. The number of benzene rings is 1. The first-order valence-electron chi connectivity index (χ1n) is 5.87. The first-order valence-corrected chi connectivity index (χ1v) is 7.94. The molecule has 102 valence electrons. The summed E-state index contributed by atoms with van der Waals surface area (Å²) >= 11 is 9.04. The highest BCUT2D eigenvalue weighted by Gasteiger charge is 2.07. The van der Waals surface area contributed by atoms with Crippen LogP contribution in [0.2, 0.25) is 4.34 Å². The number of aromatic nitrogens is 1. The maximum atomic E-state index is 5.94. The van der Waals surface area contributed by atoms with Gasteiger partial charge >= 0.3 is 0 Å². The van der Waals surface area contributed by atoms with E-state index < -0.39 is 0 Å². The van der Waals surface area contributed by atoms with Gasteiger partial charge in [-0.05, 0) is 36.4 Å². The second-order valence-corrected chi connectivity index (χ2v) is 6.57. The van der Waals surface area contributed by atoms with Crippen molar-refractivity contribution in [3.8, 4) is 16.3 Å². The Balaban J connectivity index is 1.76. The minimum atomic E-state index is 0.776. The zero-order valence-corrected chi connectivity index (χ0v) is 13.0. The van der Waals surface area contributed by atoms with E-state index in [0.29, 0.717) is 0 Å². The molecule has 20 heavy (non-hydrogen) atoms. The molecule has 0 aliphatic rings. The average molecular weight is 323 g/mol. The van der Waals surface area contributed by atoms with Crippen molar-refractivity contribution in [2.75, 3.05) is 12.4 Å². The second-order valence-electron chi connectivity index (χ2n) is 4.00. The van der Waals surface area contributed by atoms with Crippen LogP contribution in [0.3, 0.4) is 0 Å². The molecule has 2 heterocycles. The first-order chi connectivity index (χ1) is 9.74. The quantitative estimate of drug-likeness (QED) is 0.709. The molecule has 0 amide bonds. The van der Waals surface area contributed by atoms with Crippen LogP contribution in [0.5, 0.6) is 5.75 Å². The SMILES string of the molecule is COc1ccc(Nc2nc(-c3ccc(Cl)s3)cs2)cc1. The van der Waals surface area contributed by atoms with Crippen LogP contribution in [0.4, 0.5) is 10.8 Å². The smallest absolute Gasteiger partial charge is 0.187 e. The van der Waals surface area contributed by atoms with Gasteiger partial charge in [-0.25, -0.2) is 4.98 Å². The standard InChI is InChI=1S/C14H11ClN2OS2/c1-18-10-4-2-9(3-5-10)16-14-17-11(8-19-14)12-6-7-13(15)20-12/h2-8H,1H3,(H,16,17). The Hall–Kier alpha value is -1.56. The van der Waals surface area contributed by atoms with E-state index in [4.69, 9.17) is 16.3 Å². The number of ether oxygens (including phenoxy) is 1. The van der Waals surface area contributed by atoms with Crippen molar-refractivity contribution in [2.45, 2.75) is 0 Å². The molecule has 0 bridgehead atoms. The van der Waals surface area contributed by atoms with Crippen LogP contribution in [0.1, 0.15) is 0 Å². The van der Waals surface area contributed by atoms with Crippen molar-refractivity contribution < 1.29 is 4.74 Å². The molecule has 1 N–H and O–H groups in total. The normalized spacial score (nSPS) is 10.5. The predicted octanol–water partition coefficient (Wildman–Crippen LogP) is 5.28. The van der Waals surface area contributed by atoms with Crippen molar-refractivity contribution in [1.82, 2.24) is 4.98 Å². The number of rotatable bonds is 4. The number of thiophene rings is 1. The number of nitrogens with one attached hydrogen (secondary N) is 1. The van der Waals surface area contributed by atoms with Crippen LogP contribution < -0.4 is 10.1 Å². The van der Waals surface area contributed by atoms with E-state index in [9.17, 15) is 0 Å². The number of nitrogens with zero attached hydrogens (tertiary/aromatic N) is 1. The van der Waals surface area contributed by atoms with Gasteiger partial charge in [0.1, 0.15) is 5.75 Å². The fourth-order valence-corrected chi connectivity index (χ4v) is 3.50. The van der Waals surface area contributed by atoms with Crippen LogP contribution in [-0.2, 0) is 0 Å². The number of hydrogen-bond donors (Lipinski definition) is 1. The summed E-state index contributed by atoms with van der Waals surface area (Å²) in [5.74, 6) is 0.837. The minimum Gasteiger partial charge on any atom is -0.497 e. The highest BCUT2D eigenvalue weighted by molar-refractivity contribution is 7.20. The van der Waals surface area contributed by atoms with Crippen LogP contribution >= 0.6 is 34.3 Å². The topological polar surface area (TPSA) is 34.1 Å². The molecule has 0 aliphatic heterocycles. The number of methoxy groups -OCH3 is 1. The molecule has 1 aromatic carbocycles. The summed E-state index contributed by atoms with van der Waals surface area (Å²) in [5.41, 5.74) is 1.93. The Morgan fingerprint density at radius 1 is 1.15 bits per heavy atom. The van der Waals surface area contributed by atoms with Crippen molar-refractivity contribution in [3.63, 3.8) is 0 Å². The summed E-state index contributed by atoms with van der Waals surface area (Å²) in [5, 5.41) is 6.15. The van der Waals surface area contributed by atoms with Crippen molar-refractivity contribution in [2.24, 2.45) is 0 Å². The van der Waals surface area contributed by atoms with Crippen LogP contribution in [0.25, 0.3) is 10.6 Å². The Morgan fingerprint density at radius 3 is 2.60 bits per heavy atom. The van der Waals surface area contributed by atoms with E-state index in [-0.39, 0.29) is 0 Å². The molecule has 0 saturated carbocycles. The molecular weight excluding hydrogens is 312 g/mol. The minimum absolute atomic E-state index is 0.776. The van der Waals surface area contributed by atoms with Gasteiger partial charge in [-0.15, -0.1) is 22.7 Å². The number of halogens is 1. The second kappa shape index (κ2) is 5.83. The Bertz CT molecular complexity index is 706. The largest absolute Gasteiger partial charge is 0.497 e. The number of thiazole rings is 1. The zero-order chi connectivity index (χ0) is 13.9. The van der Waals surface area contributed by atoms with Gasteiger partial charge in [-0.2, -0.15) is 0 Å². The lowest BCUT2D eigenvalue weighted by molar-refractivity contribution is 0.415. The van der Waals surface area contributed by atoms with Crippen LogP contribution in [0.15, 0.2) is 41.8 Å². The van der Waals surface area contributed by atoms with E-state index >= 15 is 0 Å². The van der Waals surface area contributed by atoms with Gasteiger partial charge in [0.25, 0.3) is 0 Å². The molecule has 3 aromatic rings. The summed E-state index contributed by atoms with van der Waals surface area (Å²) in [6.45, 7) is 0. The van der Waals surface area contributed by atoms with Crippen molar-refractivity contribution >= 4 is 45.1 Å². The van der Waals surface area contributed by atoms with E-state index in [0.717, 1.165) is 31.5 Å². The summed E-state index contributed by atoms with van der Waals surface area (Å²) in [6.07, 6.45) is 0. The van der Waals surface area contributed by atoms with Crippen LogP contribution in [-0.4, -0.2) is 12.1 Å². The van der Waals surface area contributed by atoms with Gasteiger partial charge in [0, 0.05) is 11.1 Å². The van der Waals surface area contributed by atoms with Gasteiger partial charge in [-0.1, -0.05) is 11.6 Å². The fourth-order valence-electron chi connectivity index (χ4n) is 1.69. The van der Waals surface area contributed by atoms with Gasteiger partial charge in [-0.3, -0.25) is 0 Å². The molecule has 0 atom stereocenters. The molecule has 2 aromatic heterocycles. The van der Waals surface area contributed by atoms with E-state index in [1.807, 2.05) is 41.8 Å². The lowest BCUT2D eigenvalue weighted by atomic mass is 10.3. The summed E-state index contributed by atoms with van der Waals surface area (Å²) in [4.78, 5) is 5.64. The molecule has 0 radical (unpaired) electrons. The predicted molar refractivity (Wildman–Crippen MR) is 86.7 cm³/mol. The third kappa shape index (κ3) is 2.95. The lowest BCUT2D eigenvalue weighted by Gasteiger charge is -2.03. The molecule has 6 heteroatoms. The Kier molecular flexibility index (Phi) is 3.91. The van der Waals surface area contributed by atoms with Crippen molar-refractivity contribution in [1.29, 1.82) is 0 Å². The molecule has 0 fully saturated rings. The number of hydrogen-bond acceptors (Lipinski definition) is 5. The monoisotopic (exact) mass is 322 g/mol. The number of anilines is 2. The molecule has 0 spiro atoms. The van der Waals surface area contributed by atoms with E-state index in [2.05, 4.69) is 10.3 Å². The summed E-state index contributed by atoms with van der Waals surface area (Å²) < 4.78 is 5.91. The maximum Gasteiger partial charge on any atom is 0.187 e. The Morgan fingerprint density at radius 2 is 1.95 bits per heavy atom. The molecule has 0 unspecified atom stereocenters. The van der Waals surface area contributed by atoms with Gasteiger partial charge < -0.3 is 10.1 Å². The van der Waals surface area contributed by atoms with Crippen molar-refractivity contribution in [3.05, 3.63) is 46.1 Å². The fraction of sp³-hybridized carbons (Fsp3) is 0.0714. The summed E-state index contributed by atoms with van der Waals surface area (Å²) in [6, 6.07) is 11.6. The molecule has 0 aliphatic carbocycles. The van der Waals surface area contributed by atoms with E-state index in [1.165, 1.54) is 11.3 Å². The molecule has 3 rings (SSSR count). The van der Waals surface area contributed by atoms with E-state index in [1.54, 1.807) is 18.4 Å². The zero-order valence-electron chi connectivity index (χ0n) is 10.6. The third-order valence-electron chi connectivity index (χ3n) is 2.67.